The molecule has 6 heterocycles. The lowest BCUT2D eigenvalue weighted by Gasteiger charge is -2.45. The molecule has 2 bridgehead atoms. The van der Waals surface area contributed by atoms with Gasteiger partial charge in [-0.3, -0.25) is 28.6 Å². The van der Waals surface area contributed by atoms with E-state index >= 15 is 0 Å². The van der Waals surface area contributed by atoms with E-state index in [1.807, 2.05) is 25.4 Å². The van der Waals surface area contributed by atoms with Crippen LogP contribution in [0.25, 0.3) is 16.8 Å². The smallest absolute Gasteiger partial charge is 0.294 e. The molecule has 11 heteroatoms. The van der Waals surface area contributed by atoms with Gasteiger partial charge in [-0.05, 0) is 62.3 Å². The van der Waals surface area contributed by atoms with Gasteiger partial charge in [-0.25, -0.2) is 0 Å². The molecule has 0 aromatic carbocycles. The number of amides is 2. The van der Waals surface area contributed by atoms with Crippen LogP contribution in [0.5, 0.6) is 0 Å². The molecule has 0 atom stereocenters. The molecule has 196 valence electrons. The number of piperidine rings is 2. The minimum atomic E-state index is -0.436. The average molecular weight is 514 g/mol. The number of anilines is 1. The van der Waals surface area contributed by atoms with E-state index in [-0.39, 0.29) is 11.7 Å². The van der Waals surface area contributed by atoms with E-state index in [0.29, 0.717) is 35.2 Å². The summed E-state index contributed by atoms with van der Waals surface area (Å²) in [6.45, 7) is 4.37. The quantitative estimate of drug-likeness (QED) is 0.390. The SMILES string of the molecule is Cc1ncc(C(=O)NCCN2CC3CCC2CC3)cc1NC(=O)c1nnc2cc(-c3cnn(C)c3)ccn12. The fourth-order valence-corrected chi connectivity index (χ4v) is 5.62. The molecule has 1 aliphatic carbocycles. The summed E-state index contributed by atoms with van der Waals surface area (Å²) in [6, 6.07) is 6.06. The number of fused-ring (bicyclic) bond motifs is 4. The zero-order valence-electron chi connectivity index (χ0n) is 21.6. The van der Waals surface area contributed by atoms with Crippen molar-refractivity contribution in [2.75, 3.05) is 25.0 Å². The number of carbonyl (C=O) groups is 2. The Kier molecular flexibility index (Phi) is 6.36. The van der Waals surface area contributed by atoms with Crippen molar-refractivity contribution in [3.05, 3.63) is 60.1 Å². The molecule has 2 amide bonds. The fraction of sp³-hybridized carbons (Fsp3) is 0.407. The first-order valence-corrected chi connectivity index (χ1v) is 13.1. The van der Waals surface area contributed by atoms with Gasteiger partial charge in [-0.15, -0.1) is 10.2 Å². The normalized spacial score (nSPS) is 19.1. The van der Waals surface area contributed by atoms with Gasteiger partial charge < -0.3 is 10.6 Å². The first-order valence-electron chi connectivity index (χ1n) is 13.1. The van der Waals surface area contributed by atoms with Crippen molar-refractivity contribution in [3.8, 4) is 11.1 Å². The van der Waals surface area contributed by atoms with Crippen molar-refractivity contribution in [1.29, 1.82) is 0 Å². The van der Waals surface area contributed by atoms with Crippen molar-refractivity contribution in [3.63, 3.8) is 0 Å². The Labute approximate surface area is 220 Å². The van der Waals surface area contributed by atoms with Crippen molar-refractivity contribution >= 4 is 23.1 Å². The van der Waals surface area contributed by atoms with Gasteiger partial charge in [-0.2, -0.15) is 5.10 Å². The van der Waals surface area contributed by atoms with E-state index in [1.165, 1.54) is 31.9 Å². The van der Waals surface area contributed by atoms with Crippen molar-refractivity contribution < 1.29 is 9.59 Å². The lowest BCUT2D eigenvalue weighted by molar-refractivity contribution is 0.0494. The van der Waals surface area contributed by atoms with E-state index in [1.54, 1.807) is 34.5 Å². The standard InChI is InChI=1S/C27H31N9O2/c1-17-23(11-20(13-29-17)26(37)28-8-10-35-15-18-3-5-22(35)6-4-18)31-27(38)25-33-32-24-12-19(7-9-36(24)25)21-14-30-34(2)16-21/h7,9,11-14,16,18,22H,3-6,8,10,15H2,1-2H3,(H,28,37)(H,31,38). The molecular weight excluding hydrogens is 482 g/mol. The summed E-state index contributed by atoms with van der Waals surface area (Å²) in [5.74, 6) is 0.317. The number of carbonyl (C=O) groups excluding carboxylic acids is 2. The molecule has 1 saturated carbocycles. The number of rotatable bonds is 7. The Morgan fingerprint density at radius 2 is 1.89 bits per heavy atom. The molecule has 2 N–H and O–H groups in total. The van der Waals surface area contributed by atoms with Gasteiger partial charge in [0.2, 0.25) is 5.82 Å². The van der Waals surface area contributed by atoms with Crippen molar-refractivity contribution in [2.45, 2.75) is 38.6 Å². The van der Waals surface area contributed by atoms with Crippen LogP contribution in [0.4, 0.5) is 5.69 Å². The lowest BCUT2D eigenvalue weighted by Crippen LogP contribution is -2.50. The van der Waals surface area contributed by atoms with E-state index in [4.69, 9.17) is 0 Å². The minimum absolute atomic E-state index is 0.142. The van der Waals surface area contributed by atoms with Gasteiger partial charge in [-0.1, -0.05) is 0 Å². The average Bonchev–Trinajstić information content (AvgIpc) is 3.56. The van der Waals surface area contributed by atoms with Crippen LogP contribution in [-0.4, -0.2) is 71.8 Å². The summed E-state index contributed by atoms with van der Waals surface area (Å²) in [6.07, 6.45) is 12.2. The molecule has 4 aromatic heterocycles. The van der Waals surface area contributed by atoms with Crippen LogP contribution in [0.3, 0.4) is 0 Å². The second-order valence-corrected chi connectivity index (χ2v) is 10.3. The zero-order valence-corrected chi connectivity index (χ0v) is 21.6. The molecule has 11 nitrogen and oxygen atoms in total. The topological polar surface area (TPSA) is 122 Å². The summed E-state index contributed by atoms with van der Waals surface area (Å²) < 4.78 is 3.35. The molecule has 2 aliphatic heterocycles. The molecule has 7 rings (SSSR count). The van der Waals surface area contributed by atoms with Crippen LogP contribution in [0.15, 0.2) is 43.0 Å². The van der Waals surface area contributed by atoms with Crippen LogP contribution in [0.1, 0.15) is 52.4 Å². The third-order valence-electron chi connectivity index (χ3n) is 7.76. The molecule has 3 fully saturated rings. The number of nitrogens with zero attached hydrogens (tertiary/aromatic N) is 7. The summed E-state index contributed by atoms with van der Waals surface area (Å²) in [7, 11) is 1.86. The number of aromatic nitrogens is 6. The van der Waals surface area contributed by atoms with Gasteiger partial charge in [0.05, 0.1) is 23.1 Å². The summed E-state index contributed by atoms with van der Waals surface area (Å²) in [5.41, 5.74) is 3.88. The predicted octanol–water partition coefficient (Wildman–Crippen LogP) is 2.69. The summed E-state index contributed by atoms with van der Waals surface area (Å²) >= 11 is 0. The van der Waals surface area contributed by atoms with Crippen LogP contribution >= 0.6 is 0 Å². The maximum Gasteiger partial charge on any atom is 0.294 e. The Morgan fingerprint density at radius 3 is 2.63 bits per heavy atom. The number of aryl methyl sites for hydroxylation is 2. The van der Waals surface area contributed by atoms with Gasteiger partial charge in [0.25, 0.3) is 11.8 Å². The van der Waals surface area contributed by atoms with E-state index < -0.39 is 5.91 Å². The molecule has 4 aromatic rings. The van der Waals surface area contributed by atoms with Crippen molar-refractivity contribution in [2.24, 2.45) is 13.0 Å². The molecule has 0 radical (unpaired) electrons. The van der Waals surface area contributed by atoms with E-state index in [2.05, 4.69) is 35.8 Å². The van der Waals surface area contributed by atoms with Crippen LogP contribution < -0.4 is 10.6 Å². The number of hydrogen-bond donors (Lipinski definition) is 2. The zero-order chi connectivity index (χ0) is 26.2. The van der Waals surface area contributed by atoms with E-state index in [9.17, 15) is 9.59 Å². The Hall–Kier alpha value is -4.12. The summed E-state index contributed by atoms with van der Waals surface area (Å²) in [4.78, 5) is 32.8. The highest BCUT2D eigenvalue weighted by Crippen LogP contribution is 2.34. The summed E-state index contributed by atoms with van der Waals surface area (Å²) in [5, 5.41) is 18.3. The highest BCUT2D eigenvalue weighted by atomic mass is 16.2. The Morgan fingerprint density at radius 1 is 1.05 bits per heavy atom. The van der Waals surface area contributed by atoms with E-state index in [0.717, 1.165) is 30.1 Å². The van der Waals surface area contributed by atoms with Gasteiger partial charge in [0.1, 0.15) is 0 Å². The molecule has 2 saturated heterocycles. The fourth-order valence-electron chi connectivity index (χ4n) is 5.62. The predicted molar refractivity (Wildman–Crippen MR) is 142 cm³/mol. The number of pyridine rings is 2. The van der Waals surface area contributed by atoms with Gasteiger partial charge in [0, 0.05) is 56.9 Å². The second-order valence-electron chi connectivity index (χ2n) is 10.3. The minimum Gasteiger partial charge on any atom is -0.351 e. The Balaban J connectivity index is 1.11. The molecule has 0 unspecified atom stereocenters. The van der Waals surface area contributed by atoms with Gasteiger partial charge in [0.15, 0.2) is 5.65 Å². The van der Waals surface area contributed by atoms with Crippen LogP contribution in [0, 0.1) is 12.8 Å². The maximum atomic E-state index is 13.1. The third-order valence-corrected chi connectivity index (χ3v) is 7.76. The first kappa shape index (κ1) is 24.2. The van der Waals surface area contributed by atoms with Crippen LogP contribution in [-0.2, 0) is 7.05 Å². The molecule has 3 aliphatic rings. The monoisotopic (exact) mass is 513 g/mol. The molecule has 0 spiro atoms. The number of nitrogens with one attached hydrogen (secondary N) is 2. The highest BCUT2D eigenvalue weighted by Gasteiger charge is 2.33. The van der Waals surface area contributed by atoms with Gasteiger partial charge >= 0.3 is 0 Å². The lowest BCUT2D eigenvalue weighted by atomic mass is 9.80. The largest absolute Gasteiger partial charge is 0.351 e. The highest BCUT2D eigenvalue weighted by molar-refractivity contribution is 6.03. The molecular formula is C27H31N9O2. The third kappa shape index (κ3) is 4.76. The maximum absolute atomic E-state index is 13.1. The first-order chi connectivity index (χ1) is 18.4. The van der Waals surface area contributed by atoms with Crippen molar-refractivity contribution in [1.82, 2.24) is 39.6 Å². The second kappa shape index (κ2) is 9.97. The Bertz CT molecular complexity index is 1500. The number of hydrogen-bond acceptors (Lipinski definition) is 7. The molecule has 38 heavy (non-hydrogen) atoms. The van der Waals surface area contributed by atoms with Crippen LogP contribution in [0.2, 0.25) is 0 Å².